The number of phenolic OH excluding ortho intramolecular Hbond substituents is 1. The molecule has 2 N–H and O–H groups in total. The van der Waals surface area contributed by atoms with Crippen molar-refractivity contribution in [2.24, 2.45) is 0 Å². The summed E-state index contributed by atoms with van der Waals surface area (Å²) in [5, 5.41) is 11.7. The van der Waals surface area contributed by atoms with Crippen molar-refractivity contribution in [2.45, 2.75) is 20.8 Å². The Kier molecular flexibility index (Phi) is 2.98. The van der Waals surface area contributed by atoms with E-state index in [9.17, 15) is 5.11 Å². The maximum atomic E-state index is 9.90. The first kappa shape index (κ1) is 13.1. The van der Waals surface area contributed by atoms with Gasteiger partial charge in [-0.25, -0.2) is 0 Å². The van der Waals surface area contributed by atoms with E-state index in [-0.39, 0.29) is 0 Å². The fourth-order valence-corrected chi connectivity index (χ4v) is 3.07. The normalized spacial score (nSPS) is 11.2. The average molecular weight is 286 g/mol. The second-order valence-electron chi connectivity index (χ2n) is 5.25. The Labute approximate surface area is 123 Å². The Balaban J connectivity index is 2.30. The van der Waals surface area contributed by atoms with Crippen LogP contribution in [0.3, 0.4) is 0 Å². The average Bonchev–Trinajstić information content (AvgIpc) is 2.74. The van der Waals surface area contributed by atoms with Gasteiger partial charge in [-0.15, -0.1) is 0 Å². The number of fused-ring (bicyclic) bond motifs is 1. The molecule has 1 heterocycles. The topological polar surface area (TPSA) is 36.0 Å². The molecule has 0 fully saturated rings. The lowest BCUT2D eigenvalue weighted by Crippen LogP contribution is -1.86. The highest BCUT2D eigenvalue weighted by Crippen LogP contribution is 2.36. The summed E-state index contributed by atoms with van der Waals surface area (Å²) in [5.41, 5.74) is 6.05. The maximum absolute atomic E-state index is 9.90. The van der Waals surface area contributed by atoms with Crippen molar-refractivity contribution in [1.82, 2.24) is 4.98 Å². The highest BCUT2D eigenvalue weighted by atomic mass is 35.5. The minimum Gasteiger partial charge on any atom is -0.507 e. The van der Waals surface area contributed by atoms with E-state index in [0.717, 1.165) is 43.9 Å². The number of aromatic amines is 1. The Morgan fingerprint density at radius 1 is 1.05 bits per heavy atom. The predicted octanol–water partition coefficient (Wildman–Crippen LogP) is 5.12. The number of halogens is 1. The zero-order chi connectivity index (χ0) is 14.4. The Hall–Kier alpha value is -1.93. The molecule has 0 spiro atoms. The molecule has 0 aliphatic heterocycles. The summed E-state index contributed by atoms with van der Waals surface area (Å²) in [6, 6.07) is 9.86. The largest absolute Gasteiger partial charge is 0.507 e. The third-order valence-electron chi connectivity index (χ3n) is 3.80. The molecule has 0 aliphatic carbocycles. The predicted molar refractivity (Wildman–Crippen MR) is 84.6 cm³/mol. The lowest BCUT2D eigenvalue weighted by Gasteiger charge is -2.07. The van der Waals surface area contributed by atoms with E-state index in [2.05, 4.69) is 11.9 Å². The van der Waals surface area contributed by atoms with Crippen molar-refractivity contribution in [3.63, 3.8) is 0 Å². The highest BCUT2D eigenvalue weighted by Gasteiger charge is 2.13. The molecule has 20 heavy (non-hydrogen) atoms. The van der Waals surface area contributed by atoms with Crippen LogP contribution in [-0.2, 0) is 0 Å². The van der Waals surface area contributed by atoms with Crippen LogP contribution in [0, 0.1) is 20.8 Å². The van der Waals surface area contributed by atoms with Gasteiger partial charge in [0, 0.05) is 16.6 Å². The zero-order valence-electron chi connectivity index (χ0n) is 11.7. The number of aryl methyl sites for hydroxylation is 3. The molecule has 3 aromatic rings. The first-order chi connectivity index (χ1) is 9.49. The van der Waals surface area contributed by atoms with Crippen LogP contribution in [0.2, 0.25) is 5.02 Å². The number of benzene rings is 2. The number of H-pyrrole nitrogens is 1. The van der Waals surface area contributed by atoms with Crippen molar-refractivity contribution in [3.05, 3.63) is 52.0 Å². The molecule has 0 saturated heterocycles. The van der Waals surface area contributed by atoms with Crippen molar-refractivity contribution in [2.75, 3.05) is 0 Å². The van der Waals surface area contributed by atoms with Gasteiger partial charge in [-0.3, -0.25) is 0 Å². The van der Waals surface area contributed by atoms with Gasteiger partial charge in [0.25, 0.3) is 0 Å². The number of aromatic hydroxyl groups is 1. The van der Waals surface area contributed by atoms with Gasteiger partial charge in [0.15, 0.2) is 0 Å². The SMILES string of the molecule is Cc1cc(-c2[nH]c3cccc(Cl)c3c2C)cc(C)c1O. The molecule has 2 aromatic carbocycles. The van der Waals surface area contributed by atoms with E-state index in [1.807, 2.05) is 44.2 Å². The maximum Gasteiger partial charge on any atom is 0.121 e. The van der Waals surface area contributed by atoms with Gasteiger partial charge in [-0.1, -0.05) is 17.7 Å². The molecule has 3 heteroatoms. The van der Waals surface area contributed by atoms with Gasteiger partial charge in [0.05, 0.1) is 5.02 Å². The van der Waals surface area contributed by atoms with Crippen molar-refractivity contribution in [1.29, 1.82) is 0 Å². The van der Waals surface area contributed by atoms with Gasteiger partial charge in [0.1, 0.15) is 5.75 Å². The monoisotopic (exact) mass is 285 g/mol. The van der Waals surface area contributed by atoms with Crippen molar-refractivity contribution in [3.8, 4) is 17.0 Å². The first-order valence-corrected chi connectivity index (χ1v) is 6.94. The number of hydrogen-bond donors (Lipinski definition) is 2. The van der Waals surface area contributed by atoms with Crippen LogP contribution < -0.4 is 0 Å². The van der Waals surface area contributed by atoms with E-state index in [0.29, 0.717) is 5.75 Å². The number of hydrogen-bond acceptors (Lipinski definition) is 1. The molecular weight excluding hydrogens is 270 g/mol. The molecule has 1 aromatic heterocycles. The molecule has 0 atom stereocenters. The third kappa shape index (κ3) is 1.88. The minimum atomic E-state index is 0.362. The number of rotatable bonds is 1. The van der Waals surface area contributed by atoms with Crippen LogP contribution >= 0.6 is 11.6 Å². The minimum absolute atomic E-state index is 0.362. The lowest BCUT2D eigenvalue weighted by atomic mass is 10.0. The summed E-state index contributed by atoms with van der Waals surface area (Å²) in [6.07, 6.45) is 0. The highest BCUT2D eigenvalue weighted by molar-refractivity contribution is 6.36. The smallest absolute Gasteiger partial charge is 0.121 e. The number of aromatic nitrogens is 1. The molecule has 0 saturated carbocycles. The van der Waals surface area contributed by atoms with Crippen LogP contribution in [0.25, 0.3) is 22.2 Å². The van der Waals surface area contributed by atoms with Crippen LogP contribution in [0.5, 0.6) is 5.75 Å². The van der Waals surface area contributed by atoms with Crippen LogP contribution in [0.15, 0.2) is 30.3 Å². The van der Waals surface area contributed by atoms with Gasteiger partial charge in [-0.2, -0.15) is 0 Å². The van der Waals surface area contributed by atoms with Crippen LogP contribution in [0.4, 0.5) is 0 Å². The van der Waals surface area contributed by atoms with Crippen molar-refractivity contribution >= 4 is 22.5 Å². The van der Waals surface area contributed by atoms with Gasteiger partial charge in [-0.05, 0) is 67.3 Å². The van der Waals surface area contributed by atoms with Gasteiger partial charge < -0.3 is 10.1 Å². The Morgan fingerprint density at radius 2 is 1.70 bits per heavy atom. The van der Waals surface area contributed by atoms with Gasteiger partial charge >= 0.3 is 0 Å². The van der Waals surface area contributed by atoms with E-state index in [4.69, 9.17) is 11.6 Å². The summed E-state index contributed by atoms with van der Waals surface area (Å²) in [4.78, 5) is 3.43. The van der Waals surface area contributed by atoms with Crippen molar-refractivity contribution < 1.29 is 5.11 Å². The molecule has 3 rings (SSSR count). The molecule has 0 radical (unpaired) electrons. The summed E-state index contributed by atoms with van der Waals surface area (Å²) in [7, 11) is 0. The Bertz CT molecular complexity index is 794. The van der Waals surface area contributed by atoms with Crippen LogP contribution in [-0.4, -0.2) is 10.1 Å². The quantitative estimate of drug-likeness (QED) is 0.639. The summed E-state index contributed by atoms with van der Waals surface area (Å²) < 4.78 is 0. The summed E-state index contributed by atoms with van der Waals surface area (Å²) >= 11 is 6.29. The lowest BCUT2D eigenvalue weighted by molar-refractivity contribution is 0.467. The number of nitrogens with one attached hydrogen (secondary N) is 1. The standard InChI is InChI=1S/C17H16ClNO/c1-9-7-12(8-10(2)17(9)20)16-11(3)15-13(18)5-4-6-14(15)19-16/h4-8,19-20H,1-3H3. The summed E-state index contributed by atoms with van der Waals surface area (Å²) in [5.74, 6) is 0.362. The molecule has 0 unspecified atom stereocenters. The molecule has 0 amide bonds. The van der Waals surface area contributed by atoms with E-state index in [1.165, 1.54) is 0 Å². The van der Waals surface area contributed by atoms with E-state index < -0.39 is 0 Å². The molecule has 0 aliphatic rings. The molecule has 2 nitrogen and oxygen atoms in total. The first-order valence-electron chi connectivity index (χ1n) is 6.56. The number of phenols is 1. The molecule has 102 valence electrons. The second-order valence-corrected chi connectivity index (χ2v) is 5.65. The molecular formula is C17H16ClNO. The fourth-order valence-electron chi connectivity index (χ4n) is 2.75. The molecule has 0 bridgehead atoms. The Morgan fingerprint density at radius 3 is 2.30 bits per heavy atom. The van der Waals surface area contributed by atoms with Crippen LogP contribution in [0.1, 0.15) is 16.7 Å². The second kappa shape index (κ2) is 4.57. The summed E-state index contributed by atoms with van der Waals surface area (Å²) in [6.45, 7) is 5.89. The fraction of sp³-hybridized carbons (Fsp3) is 0.176. The van der Waals surface area contributed by atoms with E-state index >= 15 is 0 Å². The van der Waals surface area contributed by atoms with Gasteiger partial charge in [0.2, 0.25) is 0 Å². The third-order valence-corrected chi connectivity index (χ3v) is 4.12. The zero-order valence-corrected chi connectivity index (χ0v) is 12.5. The van der Waals surface area contributed by atoms with E-state index in [1.54, 1.807) is 0 Å².